The quantitative estimate of drug-likeness (QED) is 0.744. The molecule has 0 saturated carbocycles. The number of carbonyl (C=O) groups excluding carboxylic acids is 1. The minimum Gasteiger partial charge on any atom is -0.332 e. The molecule has 3 heterocycles. The van der Waals surface area contributed by atoms with E-state index in [2.05, 4.69) is 11.4 Å². The average molecular weight is 419 g/mol. The van der Waals surface area contributed by atoms with Crippen LogP contribution in [-0.2, 0) is 10.0 Å². The van der Waals surface area contributed by atoms with Crippen LogP contribution in [0.5, 0.6) is 0 Å². The van der Waals surface area contributed by atoms with Crippen LogP contribution in [0.25, 0.3) is 0 Å². The van der Waals surface area contributed by atoms with Crippen molar-refractivity contribution in [2.45, 2.75) is 49.5 Å². The summed E-state index contributed by atoms with van der Waals surface area (Å²) in [7, 11) is -3.56. The van der Waals surface area contributed by atoms with Gasteiger partial charge in [-0.05, 0) is 66.3 Å². The molecule has 2 aliphatic rings. The van der Waals surface area contributed by atoms with E-state index in [-0.39, 0.29) is 16.8 Å². The molecule has 1 unspecified atom stereocenters. The Morgan fingerprint density at radius 3 is 2.50 bits per heavy atom. The molecule has 5 nitrogen and oxygen atoms in total. The number of sulfonamides is 1. The van der Waals surface area contributed by atoms with Gasteiger partial charge in [-0.2, -0.15) is 15.6 Å². The van der Waals surface area contributed by atoms with Crippen LogP contribution in [0, 0.1) is 0 Å². The lowest BCUT2D eigenvalue weighted by atomic mass is 10.1. The second kappa shape index (κ2) is 8.35. The number of nitrogens with zero attached hydrogens (tertiary/aromatic N) is 2. The minimum absolute atomic E-state index is 0.0818. The Morgan fingerprint density at radius 1 is 1.00 bits per heavy atom. The van der Waals surface area contributed by atoms with Crippen molar-refractivity contribution in [3.63, 3.8) is 0 Å². The van der Waals surface area contributed by atoms with Crippen molar-refractivity contribution >= 4 is 27.3 Å². The largest absolute Gasteiger partial charge is 0.332 e. The van der Waals surface area contributed by atoms with Gasteiger partial charge in [-0.3, -0.25) is 4.79 Å². The molecule has 150 valence electrons. The Kier molecular flexibility index (Phi) is 5.85. The molecule has 2 saturated heterocycles. The van der Waals surface area contributed by atoms with Crippen LogP contribution in [0.4, 0.5) is 0 Å². The van der Waals surface area contributed by atoms with Crippen molar-refractivity contribution in [3.8, 4) is 0 Å². The number of hydrogen-bond acceptors (Lipinski definition) is 4. The van der Waals surface area contributed by atoms with Gasteiger partial charge in [0.2, 0.25) is 10.0 Å². The van der Waals surface area contributed by atoms with E-state index in [4.69, 9.17) is 0 Å². The molecule has 4 rings (SSSR count). The standard InChI is InChI=1S/C21H26N2O3S2/c24-21(23-13-6-9-20(23)18-10-14-27-16-18)17-7-5-8-19(15-17)28(25,26)22-11-3-1-2-4-12-22/h5,7-8,10,14-16,20H,1-4,6,9,11-13H2. The highest BCUT2D eigenvalue weighted by atomic mass is 32.2. The lowest BCUT2D eigenvalue weighted by molar-refractivity contribution is 0.0735. The molecule has 1 aromatic heterocycles. The molecule has 0 aliphatic carbocycles. The SMILES string of the molecule is O=C(c1cccc(S(=O)(=O)N2CCCCCC2)c1)N1CCCC1c1ccsc1. The highest BCUT2D eigenvalue weighted by Gasteiger charge is 2.32. The maximum absolute atomic E-state index is 13.2. The summed E-state index contributed by atoms with van der Waals surface area (Å²) < 4.78 is 27.8. The number of hydrogen-bond donors (Lipinski definition) is 0. The van der Waals surface area contributed by atoms with Crippen LogP contribution < -0.4 is 0 Å². The van der Waals surface area contributed by atoms with E-state index in [1.165, 1.54) is 5.56 Å². The predicted molar refractivity (Wildman–Crippen MR) is 111 cm³/mol. The summed E-state index contributed by atoms with van der Waals surface area (Å²) in [6.07, 6.45) is 5.86. The fourth-order valence-corrected chi connectivity index (χ4v) is 6.48. The summed E-state index contributed by atoms with van der Waals surface area (Å²) in [5, 5.41) is 4.13. The third-order valence-electron chi connectivity index (χ3n) is 5.73. The zero-order chi connectivity index (χ0) is 19.6. The van der Waals surface area contributed by atoms with E-state index in [1.807, 2.05) is 10.3 Å². The van der Waals surface area contributed by atoms with Crippen molar-refractivity contribution in [1.82, 2.24) is 9.21 Å². The lowest BCUT2D eigenvalue weighted by Gasteiger charge is -2.25. The average Bonchev–Trinajstić information content (AvgIpc) is 3.33. The Hall–Kier alpha value is -1.70. The molecule has 2 aliphatic heterocycles. The van der Waals surface area contributed by atoms with Gasteiger partial charge in [0.25, 0.3) is 5.91 Å². The van der Waals surface area contributed by atoms with Gasteiger partial charge < -0.3 is 4.90 Å². The summed E-state index contributed by atoms with van der Waals surface area (Å²) in [5.41, 5.74) is 1.63. The maximum Gasteiger partial charge on any atom is 0.254 e. The van der Waals surface area contributed by atoms with Crippen LogP contribution >= 0.6 is 11.3 Å². The van der Waals surface area contributed by atoms with E-state index in [0.29, 0.717) is 25.2 Å². The summed E-state index contributed by atoms with van der Waals surface area (Å²) in [4.78, 5) is 15.3. The molecular formula is C21H26N2O3S2. The zero-order valence-corrected chi connectivity index (χ0v) is 17.6. The molecule has 2 aromatic rings. The predicted octanol–water partition coefficient (Wildman–Crippen LogP) is 4.29. The Morgan fingerprint density at radius 2 is 1.79 bits per heavy atom. The van der Waals surface area contributed by atoms with Gasteiger partial charge in [-0.25, -0.2) is 8.42 Å². The van der Waals surface area contributed by atoms with Crippen LogP contribution in [0.15, 0.2) is 46.0 Å². The van der Waals surface area contributed by atoms with Crippen molar-refractivity contribution in [1.29, 1.82) is 0 Å². The fraction of sp³-hybridized carbons (Fsp3) is 0.476. The number of likely N-dealkylation sites (tertiary alicyclic amines) is 1. The molecule has 0 spiro atoms. The normalized spacial score (nSPS) is 21.6. The monoisotopic (exact) mass is 418 g/mol. The highest BCUT2D eigenvalue weighted by molar-refractivity contribution is 7.89. The van der Waals surface area contributed by atoms with Crippen molar-refractivity contribution in [3.05, 3.63) is 52.2 Å². The van der Waals surface area contributed by atoms with Crippen LogP contribution in [0.1, 0.15) is 60.5 Å². The molecule has 2 fully saturated rings. The lowest BCUT2D eigenvalue weighted by Crippen LogP contribution is -2.33. The van der Waals surface area contributed by atoms with Crippen molar-refractivity contribution in [2.24, 2.45) is 0 Å². The third kappa shape index (κ3) is 3.88. The Labute approximate surface area is 171 Å². The van der Waals surface area contributed by atoms with Gasteiger partial charge in [0.05, 0.1) is 10.9 Å². The Bertz CT molecular complexity index is 917. The van der Waals surface area contributed by atoms with E-state index in [0.717, 1.165) is 38.5 Å². The first-order chi connectivity index (χ1) is 13.6. The van der Waals surface area contributed by atoms with Gasteiger partial charge in [0.15, 0.2) is 0 Å². The van der Waals surface area contributed by atoms with Crippen molar-refractivity contribution < 1.29 is 13.2 Å². The minimum atomic E-state index is -3.56. The summed E-state index contributed by atoms with van der Waals surface area (Å²) in [6, 6.07) is 8.74. The molecule has 28 heavy (non-hydrogen) atoms. The number of thiophene rings is 1. The molecular weight excluding hydrogens is 392 g/mol. The second-order valence-corrected chi connectivity index (χ2v) is 10.3. The molecule has 0 radical (unpaired) electrons. The molecule has 1 atom stereocenters. The smallest absolute Gasteiger partial charge is 0.254 e. The summed E-state index contributed by atoms with van der Waals surface area (Å²) in [6.45, 7) is 1.84. The number of carbonyl (C=O) groups is 1. The van der Waals surface area contributed by atoms with E-state index < -0.39 is 10.0 Å². The first-order valence-corrected chi connectivity index (χ1v) is 12.4. The first kappa shape index (κ1) is 19.6. The zero-order valence-electron chi connectivity index (χ0n) is 15.9. The van der Waals surface area contributed by atoms with Crippen LogP contribution in [0.2, 0.25) is 0 Å². The number of amides is 1. The fourth-order valence-electron chi connectivity index (χ4n) is 4.21. The van der Waals surface area contributed by atoms with Gasteiger partial charge in [0, 0.05) is 25.2 Å². The molecule has 1 aromatic carbocycles. The van der Waals surface area contributed by atoms with Gasteiger partial charge in [-0.1, -0.05) is 18.9 Å². The third-order valence-corrected chi connectivity index (χ3v) is 8.32. The second-order valence-electron chi connectivity index (χ2n) is 7.56. The van der Waals surface area contributed by atoms with Crippen LogP contribution in [0.3, 0.4) is 0 Å². The van der Waals surface area contributed by atoms with Gasteiger partial charge in [0.1, 0.15) is 0 Å². The van der Waals surface area contributed by atoms with E-state index in [1.54, 1.807) is 39.9 Å². The Balaban J connectivity index is 1.59. The summed E-state index contributed by atoms with van der Waals surface area (Å²) >= 11 is 1.64. The number of rotatable bonds is 4. The highest BCUT2D eigenvalue weighted by Crippen LogP contribution is 2.34. The molecule has 7 heteroatoms. The summed E-state index contributed by atoms with van der Waals surface area (Å²) in [5.74, 6) is -0.0818. The van der Waals surface area contributed by atoms with E-state index >= 15 is 0 Å². The molecule has 0 N–H and O–H groups in total. The van der Waals surface area contributed by atoms with Gasteiger partial charge >= 0.3 is 0 Å². The van der Waals surface area contributed by atoms with E-state index in [9.17, 15) is 13.2 Å². The molecule has 0 bridgehead atoms. The number of benzene rings is 1. The maximum atomic E-state index is 13.2. The topological polar surface area (TPSA) is 57.7 Å². The van der Waals surface area contributed by atoms with Crippen molar-refractivity contribution in [2.75, 3.05) is 19.6 Å². The van der Waals surface area contributed by atoms with Gasteiger partial charge in [-0.15, -0.1) is 0 Å². The van der Waals surface area contributed by atoms with Crippen LogP contribution in [-0.4, -0.2) is 43.2 Å². The first-order valence-electron chi connectivity index (χ1n) is 10.0. The molecule has 1 amide bonds.